The van der Waals surface area contributed by atoms with Crippen LogP contribution in [0, 0.1) is 0 Å². The summed E-state index contributed by atoms with van der Waals surface area (Å²) in [6, 6.07) is 5.72. The quantitative estimate of drug-likeness (QED) is 0.727. The van der Waals surface area contributed by atoms with Crippen LogP contribution >= 0.6 is 0 Å². The second kappa shape index (κ2) is 7.16. The maximum atomic E-state index is 12.6. The van der Waals surface area contributed by atoms with Gasteiger partial charge in [-0.25, -0.2) is 8.42 Å². The van der Waals surface area contributed by atoms with Crippen molar-refractivity contribution in [3.63, 3.8) is 0 Å². The SMILES string of the molecule is CC(=O)Nc1ccc(S(=O)(=O)Nc2c[nH]nc2C(=O)N2CCCC2)cc1. The Kier molecular flexibility index (Phi) is 4.94. The number of aromatic amines is 1. The van der Waals surface area contributed by atoms with Crippen molar-refractivity contribution < 1.29 is 18.0 Å². The maximum absolute atomic E-state index is 12.6. The molecule has 1 aromatic heterocycles. The number of H-pyrrole nitrogens is 1. The Labute approximate surface area is 150 Å². The van der Waals surface area contributed by atoms with E-state index >= 15 is 0 Å². The Hall–Kier alpha value is -2.88. The van der Waals surface area contributed by atoms with Gasteiger partial charge in [0.2, 0.25) is 5.91 Å². The van der Waals surface area contributed by atoms with E-state index in [2.05, 4.69) is 20.2 Å². The van der Waals surface area contributed by atoms with Crippen molar-refractivity contribution in [3.05, 3.63) is 36.2 Å². The summed E-state index contributed by atoms with van der Waals surface area (Å²) in [4.78, 5) is 25.2. The van der Waals surface area contributed by atoms with Crippen LogP contribution in [0.15, 0.2) is 35.4 Å². The Balaban J connectivity index is 1.79. The Bertz CT molecular complexity index is 914. The van der Waals surface area contributed by atoms with Crippen LogP contribution in [0.5, 0.6) is 0 Å². The number of sulfonamides is 1. The first-order chi connectivity index (χ1) is 12.4. The number of nitrogens with zero attached hydrogens (tertiary/aromatic N) is 2. The van der Waals surface area contributed by atoms with Crippen LogP contribution in [0.4, 0.5) is 11.4 Å². The van der Waals surface area contributed by atoms with Gasteiger partial charge in [0, 0.05) is 31.9 Å². The fourth-order valence-electron chi connectivity index (χ4n) is 2.73. The lowest BCUT2D eigenvalue weighted by molar-refractivity contribution is -0.114. The molecule has 2 amide bonds. The molecule has 0 bridgehead atoms. The van der Waals surface area contributed by atoms with Crippen LogP contribution < -0.4 is 10.0 Å². The van der Waals surface area contributed by atoms with Crippen LogP contribution in [0.1, 0.15) is 30.3 Å². The molecular weight excluding hydrogens is 358 g/mol. The molecule has 138 valence electrons. The minimum Gasteiger partial charge on any atom is -0.337 e. The van der Waals surface area contributed by atoms with E-state index in [0.717, 1.165) is 12.8 Å². The zero-order valence-corrected chi connectivity index (χ0v) is 15.0. The molecule has 1 fully saturated rings. The minimum absolute atomic E-state index is 0.00683. The highest BCUT2D eigenvalue weighted by molar-refractivity contribution is 7.92. The fourth-order valence-corrected chi connectivity index (χ4v) is 3.78. The molecule has 10 heteroatoms. The Morgan fingerprint density at radius 2 is 1.81 bits per heavy atom. The van der Waals surface area contributed by atoms with Crippen molar-refractivity contribution in [3.8, 4) is 0 Å². The molecule has 0 spiro atoms. The van der Waals surface area contributed by atoms with Gasteiger partial charge in [-0.15, -0.1) is 0 Å². The average Bonchev–Trinajstić information content (AvgIpc) is 3.25. The molecule has 9 nitrogen and oxygen atoms in total. The fraction of sp³-hybridized carbons (Fsp3) is 0.312. The number of nitrogens with one attached hydrogen (secondary N) is 3. The molecule has 0 aliphatic carbocycles. The lowest BCUT2D eigenvalue weighted by Gasteiger charge is -2.15. The van der Waals surface area contributed by atoms with Gasteiger partial charge >= 0.3 is 0 Å². The third kappa shape index (κ3) is 3.85. The van der Waals surface area contributed by atoms with E-state index in [0.29, 0.717) is 18.8 Å². The van der Waals surface area contributed by atoms with E-state index in [1.54, 1.807) is 4.90 Å². The number of rotatable bonds is 5. The standard InChI is InChI=1S/C16H19N5O4S/c1-11(22)18-12-4-6-13(7-5-12)26(24,25)20-14-10-17-19-15(14)16(23)21-8-2-3-9-21/h4-7,10,20H,2-3,8-9H2,1H3,(H,17,19)(H,18,22). The monoisotopic (exact) mass is 377 g/mol. The molecule has 0 unspecified atom stereocenters. The molecule has 0 saturated carbocycles. The van der Waals surface area contributed by atoms with Gasteiger partial charge in [-0.3, -0.25) is 19.4 Å². The molecule has 1 aliphatic heterocycles. The predicted molar refractivity (Wildman–Crippen MR) is 95.3 cm³/mol. The zero-order chi connectivity index (χ0) is 18.7. The first kappa shape index (κ1) is 17.9. The van der Waals surface area contributed by atoms with Crippen LogP contribution in [0.2, 0.25) is 0 Å². The van der Waals surface area contributed by atoms with Gasteiger partial charge < -0.3 is 10.2 Å². The van der Waals surface area contributed by atoms with Gasteiger partial charge in [-0.05, 0) is 37.1 Å². The number of aromatic nitrogens is 2. The van der Waals surface area contributed by atoms with Gasteiger partial charge in [-0.1, -0.05) is 0 Å². The third-order valence-electron chi connectivity index (χ3n) is 3.97. The largest absolute Gasteiger partial charge is 0.337 e. The Morgan fingerprint density at radius 3 is 2.42 bits per heavy atom. The van der Waals surface area contributed by atoms with Gasteiger partial charge in [0.05, 0.1) is 10.6 Å². The van der Waals surface area contributed by atoms with Gasteiger partial charge in [0.15, 0.2) is 5.69 Å². The molecule has 2 heterocycles. The lowest BCUT2D eigenvalue weighted by Crippen LogP contribution is -2.29. The smallest absolute Gasteiger partial charge is 0.276 e. The highest BCUT2D eigenvalue weighted by Gasteiger charge is 2.26. The number of carbonyl (C=O) groups excluding carboxylic acids is 2. The summed E-state index contributed by atoms with van der Waals surface area (Å²) in [6.07, 6.45) is 3.20. The normalized spacial score (nSPS) is 14.3. The van der Waals surface area contributed by atoms with E-state index in [9.17, 15) is 18.0 Å². The van der Waals surface area contributed by atoms with Crippen molar-refractivity contribution in [2.45, 2.75) is 24.7 Å². The second-order valence-corrected chi connectivity index (χ2v) is 7.64. The molecular formula is C16H19N5O4S. The summed E-state index contributed by atoms with van der Waals surface area (Å²) < 4.78 is 27.5. The van der Waals surface area contributed by atoms with Crippen LogP contribution in [-0.2, 0) is 14.8 Å². The number of likely N-dealkylation sites (tertiary alicyclic amines) is 1. The van der Waals surface area contributed by atoms with Crippen LogP contribution in [0.25, 0.3) is 0 Å². The van der Waals surface area contributed by atoms with Gasteiger partial charge in [0.25, 0.3) is 15.9 Å². The molecule has 1 aromatic carbocycles. The Morgan fingerprint density at radius 1 is 1.15 bits per heavy atom. The topological polar surface area (TPSA) is 124 Å². The summed E-state index contributed by atoms with van der Waals surface area (Å²) in [7, 11) is -3.90. The van der Waals surface area contributed by atoms with Crippen molar-refractivity contribution >= 4 is 33.2 Å². The zero-order valence-electron chi connectivity index (χ0n) is 14.2. The lowest BCUT2D eigenvalue weighted by atomic mass is 10.3. The summed E-state index contributed by atoms with van der Waals surface area (Å²) in [5, 5.41) is 9.00. The van der Waals surface area contributed by atoms with Crippen LogP contribution in [-0.4, -0.2) is 48.4 Å². The minimum atomic E-state index is -3.90. The summed E-state index contributed by atoms with van der Waals surface area (Å²) in [6.45, 7) is 2.65. The van der Waals surface area contributed by atoms with Crippen molar-refractivity contribution in [1.82, 2.24) is 15.1 Å². The number of carbonyl (C=O) groups is 2. The van der Waals surface area contributed by atoms with Gasteiger partial charge in [-0.2, -0.15) is 5.10 Å². The predicted octanol–water partition coefficient (Wildman–Crippen LogP) is 1.40. The summed E-state index contributed by atoms with van der Waals surface area (Å²) >= 11 is 0. The molecule has 1 saturated heterocycles. The van der Waals surface area contributed by atoms with E-state index in [1.165, 1.54) is 37.4 Å². The number of amides is 2. The first-order valence-corrected chi connectivity index (χ1v) is 9.58. The van der Waals surface area contributed by atoms with E-state index in [4.69, 9.17) is 0 Å². The molecule has 26 heavy (non-hydrogen) atoms. The van der Waals surface area contributed by atoms with Crippen molar-refractivity contribution in [2.24, 2.45) is 0 Å². The van der Waals surface area contributed by atoms with Crippen molar-refractivity contribution in [2.75, 3.05) is 23.1 Å². The highest BCUT2D eigenvalue weighted by Crippen LogP contribution is 2.22. The van der Waals surface area contributed by atoms with E-state index in [-0.39, 0.29) is 28.1 Å². The van der Waals surface area contributed by atoms with E-state index in [1.807, 2.05) is 0 Å². The van der Waals surface area contributed by atoms with Crippen LogP contribution in [0.3, 0.4) is 0 Å². The molecule has 0 atom stereocenters. The molecule has 2 aromatic rings. The van der Waals surface area contributed by atoms with E-state index < -0.39 is 10.0 Å². The van der Waals surface area contributed by atoms with Crippen molar-refractivity contribution in [1.29, 1.82) is 0 Å². The third-order valence-corrected chi connectivity index (χ3v) is 5.35. The molecule has 3 N–H and O–H groups in total. The number of hydrogen-bond acceptors (Lipinski definition) is 5. The molecule has 1 aliphatic rings. The number of anilines is 2. The average molecular weight is 377 g/mol. The molecule has 3 rings (SSSR count). The number of benzene rings is 1. The second-order valence-electron chi connectivity index (χ2n) is 5.96. The number of hydrogen-bond donors (Lipinski definition) is 3. The maximum Gasteiger partial charge on any atom is 0.276 e. The summed E-state index contributed by atoms with van der Waals surface area (Å²) in [5.41, 5.74) is 0.642. The highest BCUT2D eigenvalue weighted by atomic mass is 32.2. The molecule has 0 radical (unpaired) electrons. The van der Waals surface area contributed by atoms with Gasteiger partial charge in [0.1, 0.15) is 0 Å². The first-order valence-electron chi connectivity index (χ1n) is 8.10. The summed E-state index contributed by atoms with van der Waals surface area (Å²) in [5.74, 6) is -0.551.